The van der Waals surface area contributed by atoms with Crippen LogP contribution in [0.5, 0.6) is 0 Å². The van der Waals surface area contributed by atoms with Crippen LogP contribution in [0.2, 0.25) is 0 Å². The normalized spacial score (nSPS) is 14.8. The fourth-order valence-electron chi connectivity index (χ4n) is 10.1. The number of ether oxygens (including phenoxy) is 4. The van der Waals surface area contributed by atoms with Crippen molar-refractivity contribution in [2.45, 2.75) is 316 Å². The van der Waals surface area contributed by atoms with Gasteiger partial charge in [0.25, 0.3) is 0 Å². The summed E-state index contributed by atoms with van der Waals surface area (Å²) in [6, 6.07) is 0. The Bertz CT molecular complexity index is 2760. The minimum atomic E-state index is -5.01. The highest BCUT2D eigenvalue weighted by Crippen LogP contribution is 2.45. The first kappa shape index (κ1) is 102. The van der Waals surface area contributed by atoms with Crippen molar-refractivity contribution in [1.29, 1.82) is 0 Å². The number of carbonyl (C=O) groups is 4. The van der Waals surface area contributed by atoms with Crippen molar-refractivity contribution in [3.63, 3.8) is 0 Å². The number of aliphatic hydroxyl groups is 1. The molecule has 5 atom stereocenters. The molecule has 0 saturated heterocycles. The SMILES string of the molecule is CC/C=C\C/C=C\C/C=C\C/C=C\C/C=C\CCCCCC(=O)OC[C@H](COP(=O)(O)OC[C@@H](O)COP(=O)(O)OC[C@@H](COC(=O)CCCCCCC/C=C\CCCCCC)OC(=O)CCCCC/C=C\C/C=C\C/C=C\C/C=C\C/C=C\CC)OC(=O)CCC/C=C\C/C=C\C/C=C\C/C=C\CCCCC. The Hall–Kier alpha value is -5.84. The average Bonchev–Trinajstić information content (AvgIpc) is 0.892. The molecule has 612 valence electrons. The number of allylic oxidation sites excluding steroid dienone is 30. The zero-order valence-electron chi connectivity index (χ0n) is 66.9. The van der Waals surface area contributed by atoms with Gasteiger partial charge in [-0.25, -0.2) is 9.13 Å². The van der Waals surface area contributed by atoms with Crippen LogP contribution in [0.3, 0.4) is 0 Å². The fourth-order valence-corrected chi connectivity index (χ4v) is 11.7. The summed E-state index contributed by atoms with van der Waals surface area (Å²) in [5.74, 6) is -2.34. The Labute approximate surface area is 654 Å². The lowest BCUT2D eigenvalue weighted by molar-refractivity contribution is -0.161. The van der Waals surface area contributed by atoms with E-state index in [1.165, 1.54) is 44.9 Å². The summed E-state index contributed by atoms with van der Waals surface area (Å²) in [6.07, 6.45) is 95.9. The summed E-state index contributed by atoms with van der Waals surface area (Å²) >= 11 is 0. The van der Waals surface area contributed by atoms with Crippen molar-refractivity contribution >= 4 is 39.5 Å². The topological polar surface area (TPSA) is 237 Å². The first-order chi connectivity index (χ1) is 52.7. The van der Waals surface area contributed by atoms with Crippen molar-refractivity contribution in [1.82, 2.24) is 0 Å². The lowest BCUT2D eigenvalue weighted by Crippen LogP contribution is -2.30. The summed E-state index contributed by atoms with van der Waals surface area (Å²) in [5.41, 5.74) is 0. The van der Waals surface area contributed by atoms with Gasteiger partial charge in [-0.15, -0.1) is 0 Å². The van der Waals surface area contributed by atoms with Crippen LogP contribution in [-0.4, -0.2) is 96.7 Å². The van der Waals surface area contributed by atoms with Crippen LogP contribution in [0.1, 0.15) is 297 Å². The molecule has 108 heavy (non-hydrogen) atoms. The molecule has 0 aromatic heterocycles. The number of rotatable bonds is 75. The Morgan fingerprint density at radius 3 is 0.815 bits per heavy atom. The van der Waals surface area contributed by atoms with Gasteiger partial charge < -0.3 is 33.8 Å². The van der Waals surface area contributed by atoms with Crippen LogP contribution in [0.4, 0.5) is 0 Å². The zero-order chi connectivity index (χ0) is 78.9. The highest BCUT2D eigenvalue weighted by atomic mass is 31.2. The molecule has 0 aliphatic rings. The first-order valence-electron chi connectivity index (χ1n) is 41.0. The molecule has 0 radical (unpaired) electrons. The molecule has 0 amide bonds. The second kappa shape index (κ2) is 79.3. The van der Waals surface area contributed by atoms with Crippen molar-refractivity contribution in [3.05, 3.63) is 182 Å². The van der Waals surface area contributed by atoms with E-state index >= 15 is 0 Å². The van der Waals surface area contributed by atoms with Gasteiger partial charge in [0.2, 0.25) is 0 Å². The summed E-state index contributed by atoms with van der Waals surface area (Å²) in [7, 11) is -10.0. The highest BCUT2D eigenvalue weighted by molar-refractivity contribution is 7.47. The van der Waals surface area contributed by atoms with Crippen LogP contribution in [-0.2, 0) is 65.4 Å². The van der Waals surface area contributed by atoms with Crippen LogP contribution in [0, 0.1) is 0 Å². The Morgan fingerprint density at radius 2 is 0.491 bits per heavy atom. The van der Waals surface area contributed by atoms with Crippen molar-refractivity contribution in [2.24, 2.45) is 0 Å². The van der Waals surface area contributed by atoms with Gasteiger partial charge in [-0.05, 0) is 180 Å². The quantitative estimate of drug-likeness (QED) is 0.0169. The monoisotopic (exact) mass is 1550 g/mol. The van der Waals surface area contributed by atoms with Gasteiger partial charge in [0, 0.05) is 25.7 Å². The molecule has 0 aromatic carbocycles. The van der Waals surface area contributed by atoms with E-state index in [0.717, 1.165) is 167 Å². The molecule has 19 heteroatoms. The number of hydrogen-bond donors (Lipinski definition) is 3. The standard InChI is InChI=1S/C89H144O17P2/c1-5-9-13-17-21-25-29-33-36-39-41-44-46-50-54-58-62-66-70-74-87(92)100-80-85(106-88(93)75-71-67-63-59-55-51-47-43-38-35-31-27-23-19-15-11-7-3)82-104-108(97,98)102-78-83(90)77-101-107(95,96)103-81-84(79-99-86(91)73-69-65-61-57-53-49-32-28-24-20-16-12-8-4)105-89(94)76-72-68-64-60-56-52-48-45-42-40-37-34-30-26-22-18-14-10-6-2/h9-10,13-14,21-23,25-28,32-38,41-42,44-45,47,50-52,54,56,59,63,83-85,90H,5-8,11-12,15-20,24,29-31,39-40,43,46,48-49,53,55,57-58,60-62,64-82H2,1-4H3,(H,95,96)(H,97,98)/b13-9-,14-10-,25-21-,26-22-,27-23-,32-28-,36-33-,37-34-,38-35-,44-41-,45-42-,51-47-,54-50-,56-52-,63-59-/t83-,84+,85+/m0/s1. The molecule has 0 rings (SSSR count). The molecule has 0 spiro atoms. The molecule has 0 aliphatic heterocycles. The van der Waals surface area contributed by atoms with E-state index in [2.05, 4.69) is 198 Å². The van der Waals surface area contributed by atoms with E-state index < -0.39 is 97.5 Å². The molecule has 2 unspecified atom stereocenters. The molecule has 0 saturated carbocycles. The molecule has 0 fully saturated rings. The predicted octanol–water partition coefficient (Wildman–Crippen LogP) is 24.3. The van der Waals surface area contributed by atoms with E-state index in [1.807, 2.05) is 12.2 Å². The van der Waals surface area contributed by atoms with E-state index in [0.29, 0.717) is 32.1 Å². The number of esters is 4. The summed E-state index contributed by atoms with van der Waals surface area (Å²) in [4.78, 5) is 73.1. The van der Waals surface area contributed by atoms with Crippen molar-refractivity contribution in [3.8, 4) is 0 Å². The van der Waals surface area contributed by atoms with Crippen molar-refractivity contribution in [2.75, 3.05) is 39.6 Å². The second-order valence-electron chi connectivity index (χ2n) is 26.6. The first-order valence-corrected chi connectivity index (χ1v) is 44.0. The number of unbranched alkanes of at least 4 members (excludes halogenated alkanes) is 19. The van der Waals surface area contributed by atoms with Gasteiger partial charge in [-0.2, -0.15) is 0 Å². The number of carbonyl (C=O) groups excluding carboxylic acids is 4. The number of hydrogen-bond acceptors (Lipinski definition) is 15. The molecule has 0 aromatic rings. The van der Waals surface area contributed by atoms with Gasteiger partial charge in [-0.3, -0.25) is 37.3 Å². The smallest absolute Gasteiger partial charge is 0.462 e. The van der Waals surface area contributed by atoms with Gasteiger partial charge in [0.1, 0.15) is 19.3 Å². The van der Waals surface area contributed by atoms with E-state index in [1.54, 1.807) is 0 Å². The molecule has 0 bridgehead atoms. The summed E-state index contributed by atoms with van der Waals surface area (Å²) in [6.45, 7) is 4.44. The minimum Gasteiger partial charge on any atom is -0.462 e. The maximum Gasteiger partial charge on any atom is 0.472 e. The van der Waals surface area contributed by atoms with Crippen LogP contribution < -0.4 is 0 Å². The highest BCUT2D eigenvalue weighted by Gasteiger charge is 2.30. The number of phosphoric ester groups is 2. The fraction of sp³-hybridized carbons (Fsp3) is 0.618. The predicted molar refractivity (Wildman–Crippen MR) is 445 cm³/mol. The lowest BCUT2D eigenvalue weighted by atomic mass is 10.1. The molecule has 3 N–H and O–H groups in total. The van der Waals surface area contributed by atoms with Crippen molar-refractivity contribution < 1.29 is 80.2 Å². The van der Waals surface area contributed by atoms with E-state index in [4.69, 9.17) is 37.0 Å². The summed E-state index contributed by atoms with van der Waals surface area (Å²) in [5, 5.41) is 10.7. The third-order valence-corrected chi connectivity index (χ3v) is 18.2. The second-order valence-corrected chi connectivity index (χ2v) is 29.5. The number of aliphatic hydroxyl groups excluding tert-OH is 1. The van der Waals surface area contributed by atoms with E-state index in [9.17, 15) is 43.2 Å². The maximum atomic E-state index is 13.1. The Balaban J connectivity index is 5.51. The van der Waals surface area contributed by atoms with Gasteiger partial charge in [0.15, 0.2) is 12.2 Å². The Kier molecular flexibility index (Phi) is 75.0. The van der Waals surface area contributed by atoms with Gasteiger partial charge in [-0.1, -0.05) is 274 Å². The molecule has 0 heterocycles. The molecule has 17 nitrogen and oxygen atoms in total. The summed E-state index contributed by atoms with van der Waals surface area (Å²) < 4.78 is 68.6. The molecule has 0 aliphatic carbocycles. The largest absolute Gasteiger partial charge is 0.472 e. The Morgan fingerprint density at radius 1 is 0.269 bits per heavy atom. The van der Waals surface area contributed by atoms with Crippen LogP contribution >= 0.6 is 15.6 Å². The zero-order valence-corrected chi connectivity index (χ0v) is 68.7. The van der Waals surface area contributed by atoms with Gasteiger partial charge >= 0.3 is 39.5 Å². The van der Waals surface area contributed by atoms with Crippen LogP contribution in [0.25, 0.3) is 0 Å². The van der Waals surface area contributed by atoms with Gasteiger partial charge in [0.05, 0.1) is 26.4 Å². The average molecular weight is 1550 g/mol. The van der Waals surface area contributed by atoms with Crippen LogP contribution in [0.15, 0.2) is 182 Å². The third kappa shape index (κ3) is 78.3. The lowest BCUT2D eigenvalue weighted by Gasteiger charge is -2.21. The minimum absolute atomic E-state index is 0.00364. The van der Waals surface area contributed by atoms with E-state index in [-0.39, 0.29) is 25.7 Å². The molecular weight excluding hydrogens is 1400 g/mol. The third-order valence-electron chi connectivity index (χ3n) is 16.3. The maximum absolute atomic E-state index is 13.1. The number of phosphoric acid groups is 2. The molecular formula is C89H144O17P2.